The number of hydrogen-bond donors (Lipinski definition) is 1. The van der Waals surface area contributed by atoms with E-state index in [1.807, 2.05) is 0 Å². The van der Waals surface area contributed by atoms with Crippen LogP contribution >= 0.6 is 0 Å². The highest BCUT2D eigenvalue weighted by molar-refractivity contribution is 5.77. The van der Waals surface area contributed by atoms with Crippen LogP contribution in [-0.2, 0) is 11.0 Å². The van der Waals surface area contributed by atoms with E-state index in [1.54, 1.807) is 6.07 Å². The van der Waals surface area contributed by atoms with Crippen molar-refractivity contribution in [3.8, 4) is 11.5 Å². The van der Waals surface area contributed by atoms with E-state index < -0.39 is 46.4 Å². The molecule has 0 aromatic heterocycles. The molecule has 0 bridgehead atoms. The molecule has 0 saturated heterocycles. The second-order valence-electron chi connectivity index (χ2n) is 5.35. The first-order valence-corrected chi connectivity index (χ1v) is 7.81. The van der Waals surface area contributed by atoms with Crippen LogP contribution in [0.1, 0.15) is 5.56 Å². The fourth-order valence-corrected chi connectivity index (χ4v) is 2.07. The third-order valence-electron chi connectivity index (χ3n) is 3.36. The van der Waals surface area contributed by atoms with E-state index in [4.69, 9.17) is 9.47 Å². The van der Waals surface area contributed by atoms with Gasteiger partial charge in [-0.05, 0) is 24.3 Å². The van der Waals surface area contributed by atoms with E-state index >= 15 is 0 Å². The summed E-state index contributed by atoms with van der Waals surface area (Å²) in [5, 5.41) is 13.3. The number of rotatable bonds is 8. The number of nitrogens with one attached hydrogen (secondary N) is 1. The summed E-state index contributed by atoms with van der Waals surface area (Å²) in [5.74, 6) is -1.72. The quantitative estimate of drug-likeness (QED) is 0.317. The van der Waals surface area contributed by atoms with Crippen LogP contribution in [0.25, 0.3) is 0 Å². The standard InChI is InChI=1S/C17H14F4N2O5/c18-12-3-1-2-4-14(12)27-8-7-22-16(24)10-28-15-6-5-11(17(19,20)21)9-13(15)23(25)26/h1-6,9H,7-8,10H2,(H,22,24). The summed E-state index contributed by atoms with van der Waals surface area (Å²) in [7, 11) is 0. The van der Waals surface area contributed by atoms with Gasteiger partial charge in [-0.1, -0.05) is 12.1 Å². The number of nitro groups is 1. The normalized spacial score (nSPS) is 11.0. The predicted molar refractivity (Wildman–Crippen MR) is 88.5 cm³/mol. The Morgan fingerprint density at radius 3 is 2.46 bits per heavy atom. The van der Waals surface area contributed by atoms with Crippen LogP contribution in [0.5, 0.6) is 11.5 Å². The van der Waals surface area contributed by atoms with E-state index in [0.29, 0.717) is 12.1 Å². The number of benzene rings is 2. The molecule has 2 rings (SSSR count). The summed E-state index contributed by atoms with van der Waals surface area (Å²) >= 11 is 0. The molecule has 0 aliphatic carbocycles. The minimum atomic E-state index is -4.75. The van der Waals surface area contributed by atoms with Gasteiger partial charge in [0, 0.05) is 6.07 Å². The van der Waals surface area contributed by atoms with Gasteiger partial charge >= 0.3 is 11.9 Å². The van der Waals surface area contributed by atoms with Crippen molar-refractivity contribution < 1.29 is 36.8 Å². The van der Waals surface area contributed by atoms with E-state index in [2.05, 4.69) is 5.32 Å². The molecular formula is C17H14F4N2O5. The van der Waals surface area contributed by atoms with Crippen LogP contribution in [0.3, 0.4) is 0 Å². The summed E-state index contributed by atoms with van der Waals surface area (Å²) in [4.78, 5) is 21.6. The number of ether oxygens (including phenoxy) is 2. The highest BCUT2D eigenvalue weighted by atomic mass is 19.4. The van der Waals surface area contributed by atoms with Crippen molar-refractivity contribution in [2.75, 3.05) is 19.8 Å². The monoisotopic (exact) mass is 402 g/mol. The molecule has 0 atom stereocenters. The molecule has 0 unspecified atom stereocenters. The lowest BCUT2D eigenvalue weighted by atomic mass is 10.2. The Hall–Kier alpha value is -3.37. The lowest BCUT2D eigenvalue weighted by molar-refractivity contribution is -0.386. The third kappa shape index (κ3) is 5.83. The number of nitrogens with zero attached hydrogens (tertiary/aromatic N) is 1. The van der Waals surface area contributed by atoms with Gasteiger partial charge in [-0.2, -0.15) is 13.2 Å². The molecule has 0 heterocycles. The Kier molecular flexibility index (Phi) is 6.74. The van der Waals surface area contributed by atoms with Crippen molar-refractivity contribution in [3.63, 3.8) is 0 Å². The molecule has 0 aliphatic heterocycles. The fourth-order valence-electron chi connectivity index (χ4n) is 2.07. The number of nitro benzene ring substituents is 1. The summed E-state index contributed by atoms with van der Waals surface area (Å²) < 4.78 is 61.3. The van der Waals surface area contributed by atoms with Gasteiger partial charge in [-0.3, -0.25) is 14.9 Å². The largest absolute Gasteiger partial charge is 0.489 e. The average molecular weight is 402 g/mol. The number of carbonyl (C=O) groups is 1. The SMILES string of the molecule is O=C(COc1ccc(C(F)(F)F)cc1[N+](=O)[O-])NCCOc1ccccc1F. The predicted octanol–water partition coefficient (Wildman–Crippen LogP) is 3.33. The van der Waals surface area contributed by atoms with Gasteiger partial charge in [0.15, 0.2) is 23.9 Å². The zero-order valence-corrected chi connectivity index (χ0v) is 14.2. The molecule has 2 aromatic rings. The van der Waals surface area contributed by atoms with Gasteiger partial charge in [0.25, 0.3) is 5.91 Å². The van der Waals surface area contributed by atoms with Crippen LogP contribution in [-0.4, -0.2) is 30.6 Å². The number of carbonyl (C=O) groups excluding carboxylic acids is 1. The first-order chi connectivity index (χ1) is 13.2. The smallest absolute Gasteiger partial charge is 0.416 e. The molecule has 0 radical (unpaired) electrons. The van der Waals surface area contributed by atoms with Crippen molar-refractivity contribution in [1.82, 2.24) is 5.32 Å². The molecule has 1 N–H and O–H groups in total. The number of hydrogen-bond acceptors (Lipinski definition) is 5. The topological polar surface area (TPSA) is 90.7 Å². The zero-order chi connectivity index (χ0) is 20.7. The number of amides is 1. The van der Waals surface area contributed by atoms with Crippen molar-refractivity contribution in [3.05, 3.63) is 64.0 Å². The maximum atomic E-state index is 13.3. The van der Waals surface area contributed by atoms with Gasteiger partial charge in [0.05, 0.1) is 17.0 Å². The Morgan fingerprint density at radius 2 is 1.82 bits per heavy atom. The molecule has 0 aliphatic rings. The summed E-state index contributed by atoms with van der Waals surface area (Å²) in [6.45, 7) is -0.718. The Balaban J connectivity index is 1.85. The Labute approximate surface area is 156 Å². The molecule has 7 nitrogen and oxygen atoms in total. The average Bonchev–Trinajstić information content (AvgIpc) is 2.63. The minimum Gasteiger partial charge on any atom is -0.489 e. The van der Waals surface area contributed by atoms with Gasteiger partial charge in [-0.15, -0.1) is 0 Å². The summed E-state index contributed by atoms with van der Waals surface area (Å²) in [6, 6.07) is 7.39. The van der Waals surface area contributed by atoms with Crippen LogP contribution in [0, 0.1) is 15.9 Å². The maximum absolute atomic E-state index is 13.3. The second kappa shape index (κ2) is 9.02. The lowest BCUT2D eigenvalue weighted by Crippen LogP contribution is -2.32. The molecule has 28 heavy (non-hydrogen) atoms. The maximum Gasteiger partial charge on any atom is 0.416 e. The van der Waals surface area contributed by atoms with Gasteiger partial charge in [0.1, 0.15) is 6.61 Å². The molecule has 150 valence electrons. The summed E-state index contributed by atoms with van der Waals surface area (Å²) in [6.07, 6.45) is -4.75. The minimum absolute atomic E-state index is 0.00776. The molecule has 2 aromatic carbocycles. The first-order valence-electron chi connectivity index (χ1n) is 7.81. The highest BCUT2D eigenvalue weighted by Gasteiger charge is 2.33. The number of halogens is 4. The van der Waals surface area contributed by atoms with Crippen molar-refractivity contribution >= 4 is 11.6 Å². The Bertz CT molecular complexity index is 858. The summed E-state index contributed by atoms with van der Waals surface area (Å²) in [5.41, 5.74) is -2.12. The van der Waals surface area contributed by atoms with Gasteiger partial charge in [-0.25, -0.2) is 4.39 Å². The van der Waals surface area contributed by atoms with E-state index in [0.717, 1.165) is 6.07 Å². The number of alkyl halides is 3. The molecule has 0 spiro atoms. The van der Waals surface area contributed by atoms with E-state index in [9.17, 15) is 32.5 Å². The fraction of sp³-hybridized carbons (Fsp3) is 0.235. The second-order valence-corrected chi connectivity index (χ2v) is 5.35. The van der Waals surface area contributed by atoms with E-state index in [-0.39, 0.29) is 18.9 Å². The van der Waals surface area contributed by atoms with Crippen LogP contribution in [0.2, 0.25) is 0 Å². The lowest BCUT2D eigenvalue weighted by Gasteiger charge is -2.11. The molecule has 0 saturated carbocycles. The van der Waals surface area contributed by atoms with Crippen molar-refractivity contribution in [2.45, 2.75) is 6.18 Å². The molecule has 0 fully saturated rings. The molecule has 1 amide bonds. The molecular weight excluding hydrogens is 388 g/mol. The van der Waals surface area contributed by atoms with Crippen molar-refractivity contribution in [1.29, 1.82) is 0 Å². The van der Waals surface area contributed by atoms with Gasteiger partial charge in [0.2, 0.25) is 0 Å². The Morgan fingerprint density at radius 1 is 1.11 bits per heavy atom. The van der Waals surface area contributed by atoms with Crippen LogP contribution in [0.15, 0.2) is 42.5 Å². The first kappa shape index (κ1) is 20.9. The van der Waals surface area contributed by atoms with Crippen molar-refractivity contribution in [2.24, 2.45) is 0 Å². The highest BCUT2D eigenvalue weighted by Crippen LogP contribution is 2.35. The van der Waals surface area contributed by atoms with Crippen LogP contribution < -0.4 is 14.8 Å². The van der Waals surface area contributed by atoms with Crippen LogP contribution in [0.4, 0.5) is 23.2 Å². The third-order valence-corrected chi connectivity index (χ3v) is 3.36. The number of para-hydroxylation sites is 1. The zero-order valence-electron chi connectivity index (χ0n) is 14.2. The van der Waals surface area contributed by atoms with E-state index in [1.165, 1.54) is 18.2 Å². The molecule has 11 heteroatoms. The van der Waals surface area contributed by atoms with Gasteiger partial charge < -0.3 is 14.8 Å².